The number of rotatable bonds is 7. The molecule has 0 aromatic heterocycles. The third-order valence-electron chi connectivity index (χ3n) is 7.69. The maximum atomic E-state index is 14.4. The molecule has 172 valence electrons. The molecule has 32 heavy (non-hydrogen) atoms. The van der Waals surface area contributed by atoms with Crippen LogP contribution in [-0.4, -0.2) is 42.7 Å². The van der Waals surface area contributed by atoms with Gasteiger partial charge in [-0.3, -0.25) is 9.69 Å². The Kier molecular flexibility index (Phi) is 6.96. The van der Waals surface area contributed by atoms with E-state index in [0.717, 1.165) is 49.7 Å². The Morgan fingerprint density at radius 2 is 1.69 bits per heavy atom. The number of halogens is 1. The molecule has 5 heteroatoms. The minimum Gasteiger partial charge on any atom is -0.480 e. The Hall–Kier alpha value is -2.24. The van der Waals surface area contributed by atoms with Crippen LogP contribution in [0.15, 0.2) is 48.5 Å². The number of hydrogen-bond acceptors (Lipinski definition) is 3. The largest absolute Gasteiger partial charge is 0.480 e. The lowest BCUT2D eigenvalue weighted by atomic mass is 9.70. The summed E-state index contributed by atoms with van der Waals surface area (Å²) in [6, 6.07) is 15.8. The number of carbonyl (C=O) groups is 1. The van der Waals surface area contributed by atoms with Crippen molar-refractivity contribution in [2.45, 2.75) is 56.5 Å². The lowest BCUT2D eigenvalue weighted by molar-refractivity contribution is -0.139. The van der Waals surface area contributed by atoms with Crippen molar-refractivity contribution < 1.29 is 14.3 Å². The van der Waals surface area contributed by atoms with E-state index in [-0.39, 0.29) is 17.3 Å². The zero-order chi connectivity index (χ0) is 22.7. The molecule has 0 spiro atoms. The van der Waals surface area contributed by atoms with Crippen LogP contribution in [0, 0.1) is 17.7 Å². The fourth-order valence-corrected chi connectivity index (χ4v) is 5.87. The summed E-state index contributed by atoms with van der Waals surface area (Å²) in [4.78, 5) is 13.6. The second kappa shape index (κ2) is 9.72. The maximum absolute atomic E-state index is 14.4. The average Bonchev–Trinajstić information content (AvgIpc) is 3.23. The summed E-state index contributed by atoms with van der Waals surface area (Å²) in [6.45, 7) is 0.678. The van der Waals surface area contributed by atoms with E-state index in [9.17, 15) is 14.3 Å². The Morgan fingerprint density at radius 1 is 1.06 bits per heavy atom. The molecular weight excluding hydrogens is 403 g/mol. The van der Waals surface area contributed by atoms with E-state index >= 15 is 0 Å². The van der Waals surface area contributed by atoms with Gasteiger partial charge in [0.15, 0.2) is 0 Å². The molecule has 0 radical (unpaired) electrons. The number of carboxylic acid groups (broad SMARTS) is 1. The highest BCUT2D eigenvalue weighted by Gasteiger charge is 2.38. The van der Waals surface area contributed by atoms with Crippen LogP contribution in [0.5, 0.6) is 0 Å². The highest BCUT2D eigenvalue weighted by molar-refractivity contribution is 5.73. The second-order valence-corrected chi connectivity index (χ2v) is 10.0. The van der Waals surface area contributed by atoms with Crippen molar-refractivity contribution in [1.29, 1.82) is 0 Å². The Bertz CT molecular complexity index is 923. The van der Waals surface area contributed by atoms with Crippen molar-refractivity contribution in [1.82, 2.24) is 10.2 Å². The average molecular weight is 439 g/mol. The minimum absolute atomic E-state index is 0.0843. The van der Waals surface area contributed by atoms with Gasteiger partial charge in [-0.05, 0) is 106 Å². The molecule has 4 nitrogen and oxygen atoms in total. The smallest absolute Gasteiger partial charge is 0.320 e. The molecule has 0 bridgehead atoms. The molecule has 0 unspecified atom stereocenters. The van der Waals surface area contributed by atoms with E-state index in [4.69, 9.17) is 0 Å². The van der Waals surface area contributed by atoms with Crippen LogP contribution in [-0.2, 0) is 23.2 Å². The second-order valence-electron chi connectivity index (χ2n) is 10.0. The quantitative estimate of drug-likeness (QED) is 0.662. The monoisotopic (exact) mass is 438 g/mol. The van der Waals surface area contributed by atoms with Gasteiger partial charge in [0.1, 0.15) is 11.9 Å². The predicted octanol–water partition coefficient (Wildman–Crippen LogP) is 4.62. The van der Waals surface area contributed by atoms with Gasteiger partial charge in [-0.1, -0.05) is 36.4 Å². The Labute approximate surface area is 190 Å². The molecule has 2 aromatic carbocycles. The molecule has 2 atom stereocenters. The van der Waals surface area contributed by atoms with E-state index in [2.05, 4.69) is 60.7 Å². The summed E-state index contributed by atoms with van der Waals surface area (Å²) in [6.07, 6.45) is 6.73. The van der Waals surface area contributed by atoms with Crippen LogP contribution in [0.4, 0.5) is 4.39 Å². The lowest BCUT2D eigenvalue weighted by Crippen LogP contribution is -2.44. The van der Waals surface area contributed by atoms with Crippen molar-refractivity contribution in [3.05, 3.63) is 71.0 Å². The topological polar surface area (TPSA) is 52.6 Å². The predicted molar refractivity (Wildman–Crippen MR) is 125 cm³/mol. The van der Waals surface area contributed by atoms with Gasteiger partial charge < -0.3 is 10.4 Å². The van der Waals surface area contributed by atoms with Gasteiger partial charge in [0.05, 0.1) is 0 Å². The van der Waals surface area contributed by atoms with Crippen LogP contribution >= 0.6 is 0 Å². The Balaban J connectivity index is 1.39. The number of benzene rings is 2. The fourth-order valence-electron chi connectivity index (χ4n) is 5.87. The summed E-state index contributed by atoms with van der Waals surface area (Å²) in [5, 5.41) is 12.2. The van der Waals surface area contributed by atoms with Crippen LogP contribution in [0.1, 0.15) is 48.8 Å². The van der Waals surface area contributed by atoms with Crippen LogP contribution in [0.25, 0.3) is 0 Å². The molecule has 1 saturated heterocycles. The maximum Gasteiger partial charge on any atom is 0.320 e. The van der Waals surface area contributed by atoms with Crippen molar-refractivity contribution in [3.63, 3.8) is 0 Å². The summed E-state index contributed by atoms with van der Waals surface area (Å²) >= 11 is 0. The molecular formula is C27H35FN2O2. The first-order valence-corrected chi connectivity index (χ1v) is 11.8. The van der Waals surface area contributed by atoms with Crippen molar-refractivity contribution in [3.8, 4) is 0 Å². The molecule has 1 aliphatic heterocycles. The van der Waals surface area contributed by atoms with Gasteiger partial charge in [0, 0.05) is 5.54 Å². The summed E-state index contributed by atoms with van der Waals surface area (Å²) in [5.41, 5.74) is 3.53. The van der Waals surface area contributed by atoms with Gasteiger partial charge in [0.2, 0.25) is 0 Å². The highest BCUT2D eigenvalue weighted by Crippen LogP contribution is 2.43. The van der Waals surface area contributed by atoms with E-state index in [1.54, 1.807) is 12.1 Å². The number of carboxylic acids is 1. The van der Waals surface area contributed by atoms with Gasteiger partial charge in [-0.25, -0.2) is 4.39 Å². The summed E-state index contributed by atoms with van der Waals surface area (Å²) < 4.78 is 14.4. The highest BCUT2D eigenvalue weighted by atomic mass is 19.1. The van der Waals surface area contributed by atoms with Gasteiger partial charge in [0.25, 0.3) is 0 Å². The van der Waals surface area contributed by atoms with Crippen molar-refractivity contribution >= 4 is 5.97 Å². The minimum atomic E-state index is -0.797. The van der Waals surface area contributed by atoms with E-state index < -0.39 is 12.0 Å². The number of nitrogens with zero attached hydrogens (tertiary/aromatic N) is 1. The number of aliphatic carboxylic acids is 1. The molecule has 1 heterocycles. The van der Waals surface area contributed by atoms with Crippen LogP contribution in [0.3, 0.4) is 0 Å². The summed E-state index contributed by atoms with van der Waals surface area (Å²) in [5.74, 6) is -0.173. The molecule has 0 amide bonds. The van der Waals surface area contributed by atoms with Crippen molar-refractivity contribution in [2.24, 2.45) is 11.8 Å². The first-order valence-electron chi connectivity index (χ1n) is 11.8. The SMILES string of the molecule is CN(C)C1(c2ccccc2)CCC(Cc2cc(F)cc(C[C@@H]3CN[C@H](C(=O)O)C3)c2)CC1. The first kappa shape index (κ1) is 22.9. The van der Waals surface area contributed by atoms with Gasteiger partial charge in [-0.15, -0.1) is 0 Å². The number of hydrogen-bond donors (Lipinski definition) is 2. The number of nitrogens with one attached hydrogen (secondary N) is 1. The zero-order valence-corrected chi connectivity index (χ0v) is 19.2. The normalized spacial score (nSPS) is 28.2. The van der Waals surface area contributed by atoms with Gasteiger partial charge >= 0.3 is 5.97 Å². The fraction of sp³-hybridized carbons (Fsp3) is 0.519. The standard InChI is InChI=1S/C27H35FN2O2/c1-30(2)27(23-6-4-3-5-7-23)10-8-19(9-11-27)12-20-13-21(16-24(28)15-20)14-22-17-25(26(31)32)29-18-22/h3-7,13,15-16,19,22,25,29H,8-12,14,17-18H2,1-2H3,(H,31,32)/t19?,22-,25-,27?/m0/s1. The molecule has 2 aliphatic rings. The van der Waals surface area contributed by atoms with Crippen LogP contribution < -0.4 is 5.32 Å². The van der Waals surface area contributed by atoms with Crippen molar-refractivity contribution in [2.75, 3.05) is 20.6 Å². The molecule has 2 N–H and O–H groups in total. The first-order chi connectivity index (χ1) is 15.4. The van der Waals surface area contributed by atoms with E-state index in [1.807, 2.05) is 0 Å². The van der Waals surface area contributed by atoms with E-state index in [0.29, 0.717) is 18.9 Å². The zero-order valence-electron chi connectivity index (χ0n) is 19.2. The van der Waals surface area contributed by atoms with E-state index in [1.165, 1.54) is 5.56 Å². The lowest BCUT2D eigenvalue weighted by Gasteiger charge is -2.45. The van der Waals surface area contributed by atoms with Crippen LogP contribution in [0.2, 0.25) is 0 Å². The van der Waals surface area contributed by atoms with Gasteiger partial charge in [-0.2, -0.15) is 0 Å². The molecule has 2 fully saturated rings. The third-order valence-corrected chi connectivity index (χ3v) is 7.69. The molecule has 1 saturated carbocycles. The molecule has 1 aliphatic carbocycles. The summed E-state index contributed by atoms with van der Waals surface area (Å²) in [7, 11) is 4.36. The third kappa shape index (κ3) is 5.05. The molecule has 4 rings (SSSR count). The Morgan fingerprint density at radius 3 is 2.25 bits per heavy atom. The molecule has 2 aromatic rings.